The summed E-state index contributed by atoms with van der Waals surface area (Å²) in [6, 6.07) is 13.0. The lowest BCUT2D eigenvalue weighted by molar-refractivity contribution is 0.0955. The highest BCUT2D eigenvalue weighted by molar-refractivity contribution is 6.10. The molecule has 9 heteroatoms. The van der Waals surface area contributed by atoms with Crippen molar-refractivity contribution < 1.29 is 14.3 Å². The molecule has 0 atom stereocenters. The highest BCUT2D eigenvalue weighted by Gasteiger charge is 2.24. The second-order valence-corrected chi connectivity index (χ2v) is 8.10. The summed E-state index contributed by atoms with van der Waals surface area (Å²) in [5.41, 5.74) is 9.58. The Labute approximate surface area is 204 Å². The fraction of sp³-hybridized carbons (Fsp3) is 0.308. The molecule has 0 aliphatic heterocycles. The zero-order chi connectivity index (χ0) is 24.8. The number of hydrogen-bond donors (Lipinski definition) is 2. The summed E-state index contributed by atoms with van der Waals surface area (Å²) < 4.78 is 12.3. The predicted molar refractivity (Wildman–Crippen MR) is 138 cm³/mol. The van der Waals surface area contributed by atoms with E-state index in [1.807, 2.05) is 36.4 Å². The van der Waals surface area contributed by atoms with Crippen LogP contribution >= 0.6 is 0 Å². The van der Waals surface area contributed by atoms with Gasteiger partial charge in [-0.1, -0.05) is 44.4 Å². The number of nitrogens with two attached hydrogens (primary N) is 1. The Bertz CT molecular complexity index is 1380. The van der Waals surface area contributed by atoms with E-state index in [0.29, 0.717) is 45.8 Å². The van der Waals surface area contributed by atoms with Crippen LogP contribution in [0.5, 0.6) is 11.5 Å². The van der Waals surface area contributed by atoms with Gasteiger partial charge in [-0.3, -0.25) is 4.79 Å². The first-order valence-electron chi connectivity index (χ1n) is 11.7. The Balaban J connectivity index is 1.79. The SMILES string of the molecule is CCCCCCNC(=O)c1c(N)n(/N=C\c2cccc(OC)c2OC)c2nc3ccccc3nc12. The Morgan fingerprint density at radius 1 is 1.06 bits per heavy atom. The van der Waals surface area contributed by atoms with Crippen LogP contribution in [-0.2, 0) is 0 Å². The number of nitrogens with zero attached hydrogens (tertiary/aromatic N) is 4. The molecule has 0 aliphatic carbocycles. The minimum absolute atomic E-state index is 0.166. The molecular weight excluding hydrogens is 444 g/mol. The van der Waals surface area contributed by atoms with Gasteiger partial charge in [0.05, 0.1) is 31.5 Å². The van der Waals surface area contributed by atoms with Crippen molar-refractivity contribution >= 4 is 40.1 Å². The minimum atomic E-state index is -0.290. The number of unbranched alkanes of at least 4 members (excludes halogenated alkanes) is 3. The molecule has 3 N–H and O–H groups in total. The van der Waals surface area contributed by atoms with Gasteiger partial charge in [-0.05, 0) is 30.7 Å². The number of nitrogens with one attached hydrogen (secondary N) is 1. The third kappa shape index (κ3) is 4.89. The van der Waals surface area contributed by atoms with Crippen molar-refractivity contribution in [3.05, 3.63) is 53.6 Å². The van der Waals surface area contributed by atoms with E-state index in [0.717, 1.165) is 25.7 Å². The standard InChI is InChI=1S/C26H30N6O3/c1-4-5-6-9-15-28-26(33)21-22-25(31-19-13-8-7-12-18(19)30-22)32(24(21)27)29-16-17-11-10-14-20(34-2)23(17)35-3/h7-8,10-14,16H,4-6,9,15,27H2,1-3H3,(H,28,33)/b29-16-. The number of carbonyl (C=O) groups is 1. The Morgan fingerprint density at radius 3 is 2.54 bits per heavy atom. The van der Waals surface area contributed by atoms with Crippen LogP contribution in [0.4, 0.5) is 5.82 Å². The van der Waals surface area contributed by atoms with Crippen LogP contribution in [-0.4, -0.2) is 47.5 Å². The molecule has 0 radical (unpaired) electrons. The van der Waals surface area contributed by atoms with Crippen LogP contribution < -0.4 is 20.5 Å². The van der Waals surface area contributed by atoms with Crippen LogP contribution in [0.3, 0.4) is 0 Å². The summed E-state index contributed by atoms with van der Waals surface area (Å²) in [6.07, 6.45) is 5.83. The van der Waals surface area contributed by atoms with Crippen molar-refractivity contribution in [2.45, 2.75) is 32.6 Å². The maximum absolute atomic E-state index is 13.2. The van der Waals surface area contributed by atoms with Crippen LogP contribution in [0.25, 0.3) is 22.2 Å². The van der Waals surface area contributed by atoms with Crippen LogP contribution in [0, 0.1) is 0 Å². The first-order valence-corrected chi connectivity index (χ1v) is 11.7. The monoisotopic (exact) mass is 474 g/mol. The lowest BCUT2D eigenvalue weighted by Crippen LogP contribution is -2.25. The molecule has 182 valence electrons. The number of rotatable bonds is 10. The molecule has 4 rings (SSSR count). The lowest BCUT2D eigenvalue weighted by atomic mass is 10.2. The number of para-hydroxylation sites is 3. The molecule has 0 saturated carbocycles. The molecule has 0 saturated heterocycles. The number of nitrogen functional groups attached to an aromatic ring is 1. The molecule has 0 fully saturated rings. The van der Waals surface area contributed by atoms with Gasteiger partial charge < -0.3 is 20.5 Å². The molecule has 0 spiro atoms. The van der Waals surface area contributed by atoms with E-state index in [1.165, 1.54) is 4.68 Å². The zero-order valence-electron chi connectivity index (χ0n) is 20.2. The largest absolute Gasteiger partial charge is 0.493 e. The van der Waals surface area contributed by atoms with E-state index in [-0.39, 0.29) is 17.3 Å². The second kappa shape index (κ2) is 10.9. The van der Waals surface area contributed by atoms with Gasteiger partial charge in [0.25, 0.3) is 5.91 Å². The summed E-state index contributed by atoms with van der Waals surface area (Å²) in [6.45, 7) is 2.72. The maximum Gasteiger partial charge on any atom is 0.257 e. The Morgan fingerprint density at radius 2 is 1.83 bits per heavy atom. The summed E-state index contributed by atoms with van der Waals surface area (Å²) in [4.78, 5) is 22.6. The van der Waals surface area contributed by atoms with Gasteiger partial charge in [-0.2, -0.15) is 9.78 Å². The van der Waals surface area contributed by atoms with Crippen molar-refractivity contribution in [3.63, 3.8) is 0 Å². The number of benzene rings is 2. The number of aromatic nitrogens is 3. The van der Waals surface area contributed by atoms with Gasteiger partial charge in [-0.15, -0.1) is 0 Å². The normalized spacial score (nSPS) is 11.4. The number of ether oxygens (including phenoxy) is 2. The first-order chi connectivity index (χ1) is 17.1. The van der Waals surface area contributed by atoms with Crippen molar-refractivity contribution in [3.8, 4) is 11.5 Å². The van der Waals surface area contributed by atoms with E-state index < -0.39 is 0 Å². The summed E-state index contributed by atoms with van der Waals surface area (Å²) >= 11 is 0. The zero-order valence-corrected chi connectivity index (χ0v) is 20.2. The molecule has 0 bridgehead atoms. The number of methoxy groups -OCH3 is 2. The smallest absolute Gasteiger partial charge is 0.257 e. The minimum Gasteiger partial charge on any atom is -0.493 e. The molecule has 2 aromatic heterocycles. The topological polar surface area (TPSA) is 117 Å². The number of fused-ring (bicyclic) bond motifs is 2. The summed E-state index contributed by atoms with van der Waals surface area (Å²) in [7, 11) is 3.14. The third-order valence-corrected chi connectivity index (χ3v) is 5.76. The highest BCUT2D eigenvalue weighted by atomic mass is 16.5. The van der Waals surface area contributed by atoms with Gasteiger partial charge in [0.15, 0.2) is 17.1 Å². The van der Waals surface area contributed by atoms with E-state index in [1.54, 1.807) is 26.5 Å². The molecule has 9 nitrogen and oxygen atoms in total. The highest BCUT2D eigenvalue weighted by Crippen LogP contribution is 2.31. The molecule has 0 aliphatic rings. The Hall–Kier alpha value is -4.14. The molecule has 4 aromatic rings. The molecular formula is C26H30N6O3. The molecule has 0 unspecified atom stereocenters. The number of hydrogen-bond acceptors (Lipinski definition) is 7. The second-order valence-electron chi connectivity index (χ2n) is 8.10. The van der Waals surface area contributed by atoms with Crippen molar-refractivity contribution in [2.75, 3.05) is 26.5 Å². The molecule has 2 aromatic carbocycles. The lowest BCUT2D eigenvalue weighted by Gasteiger charge is -2.09. The van der Waals surface area contributed by atoms with Crippen molar-refractivity contribution in [2.24, 2.45) is 5.10 Å². The molecule has 35 heavy (non-hydrogen) atoms. The van der Waals surface area contributed by atoms with E-state index in [2.05, 4.69) is 17.3 Å². The van der Waals surface area contributed by atoms with Crippen molar-refractivity contribution in [1.29, 1.82) is 0 Å². The van der Waals surface area contributed by atoms with E-state index in [9.17, 15) is 4.79 Å². The maximum atomic E-state index is 13.2. The molecule has 2 heterocycles. The van der Waals surface area contributed by atoms with Crippen molar-refractivity contribution in [1.82, 2.24) is 20.0 Å². The van der Waals surface area contributed by atoms with Gasteiger partial charge in [0.1, 0.15) is 16.9 Å². The van der Waals surface area contributed by atoms with Gasteiger partial charge in [-0.25, -0.2) is 9.97 Å². The fourth-order valence-electron chi connectivity index (χ4n) is 3.96. The summed E-state index contributed by atoms with van der Waals surface area (Å²) in [5, 5.41) is 7.54. The first kappa shape index (κ1) is 24.0. The quantitative estimate of drug-likeness (QED) is 0.260. The predicted octanol–water partition coefficient (Wildman–Crippen LogP) is 4.38. The van der Waals surface area contributed by atoms with Gasteiger partial charge in [0, 0.05) is 12.1 Å². The van der Waals surface area contributed by atoms with Gasteiger partial charge >= 0.3 is 0 Å². The average Bonchev–Trinajstić information content (AvgIpc) is 3.15. The summed E-state index contributed by atoms with van der Waals surface area (Å²) in [5.74, 6) is 0.993. The Kier molecular flexibility index (Phi) is 7.45. The van der Waals surface area contributed by atoms with E-state index >= 15 is 0 Å². The molecule has 1 amide bonds. The van der Waals surface area contributed by atoms with Gasteiger partial charge in [0.2, 0.25) is 0 Å². The number of amides is 1. The fourth-order valence-corrected chi connectivity index (χ4v) is 3.96. The van der Waals surface area contributed by atoms with Crippen LogP contribution in [0.1, 0.15) is 48.5 Å². The number of carbonyl (C=O) groups excluding carboxylic acids is 1. The van der Waals surface area contributed by atoms with E-state index in [4.69, 9.17) is 25.2 Å². The number of anilines is 1. The third-order valence-electron chi connectivity index (χ3n) is 5.76. The average molecular weight is 475 g/mol. The van der Waals surface area contributed by atoms with Crippen LogP contribution in [0.2, 0.25) is 0 Å². The van der Waals surface area contributed by atoms with Crippen LogP contribution in [0.15, 0.2) is 47.6 Å².